The lowest BCUT2D eigenvalue weighted by Gasteiger charge is -2.44. The lowest BCUT2D eigenvalue weighted by atomic mass is 9.85. The van der Waals surface area contributed by atoms with Crippen LogP contribution in [-0.2, 0) is 0 Å². The summed E-state index contributed by atoms with van der Waals surface area (Å²) in [6.07, 6.45) is 8.78. The smallest absolute Gasteiger partial charge is 0.124 e. The molecule has 21 heavy (non-hydrogen) atoms. The first kappa shape index (κ1) is 14.9. The van der Waals surface area contributed by atoms with E-state index in [0.29, 0.717) is 6.04 Å². The normalized spacial score (nSPS) is 23.3. The first-order valence-corrected chi connectivity index (χ1v) is 8.80. The van der Waals surface area contributed by atoms with Crippen LogP contribution in [0.1, 0.15) is 70.4 Å². The molecular formula is C19H29NO. The minimum absolute atomic E-state index is 0.124. The number of hydrogen-bond donors (Lipinski definition) is 0. The van der Waals surface area contributed by atoms with Crippen LogP contribution >= 0.6 is 0 Å². The summed E-state index contributed by atoms with van der Waals surface area (Å²) in [6.45, 7) is 6.98. The van der Waals surface area contributed by atoms with Gasteiger partial charge in [-0.3, -0.25) is 4.90 Å². The van der Waals surface area contributed by atoms with E-state index in [2.05, 4.69) is 43.0 Å². The van der Waals surface area contributed by atoms with Crippen molar-refractivity contribution < 1.29 is 4.74 Å². The van der Waals surface area contributed by atoms with E-state index in [1.807, 2.05) is 0 Å². The van der Waals surface area contributed by atoms with Gasteiger partial charge in [0.25, 0.3) is 0 Å². The van der Waals surface area contributed by atoms with Crippen LogP contribution in [0, 0.1) is 0 Å². The zero-order valence-corrected chi connectivity index (χ0v) is 13.6. The fourth-order valence-electron chi connectivity index (χ4n) is 4.24. The Balaban J connectivity index is 1.93. The Morgan fingerprint density at radius 1 is 1.10 bits per heavy atom. The molecule has 0 aromatic heterocycles. The first-order chi connectivity index (χ1) is 10.3. The second kappa shape index (κ2) is 6.39. The van der Waals surface area contributed by atoms with Crippen molar-refractivity contribution in [1.82, 2.24) is 4.90 Å². The van der Waals surface area contributed by atoms with Crippen LogP contribution in [0.3, 0.4) is 0 Å². The molecule has 116 valence electrons. The van der Waals surface area contributed by atoms with Crippen LogP contribution in [0.25, 0.3) is 0 Å². The second-order valence-electron chi connectivity index (χ2n) is 6.79. The van der Waals surface area contributed by atoms with E-state index in [1.54, 1.807) is 0 Å². The Hall–Kier alpha value is -1.02. The van der Waals surface area contributed by atoms with Crippen molar-refractivity contribution in [2.45, 2.75) is 70.4 Å². The summed E-state index contributed by atoms with van der Waals surface area (Å²) in [6, 6.07) is 9.29. The molecule has 1 spiro atoms. The quantitative estimate of drug-likeness (QED) is 0.760. The largest absolute Gasteiger partial charge is 0.487 e. The van der Waals surface area contributed by atoms with Gasteiger partial charge in [-0.05, 0) is 57.7 Å². The highest BCUT2D eigenvalue weighted by molar-refractivity contribution is 5.39. The van der Waals surface area contributed by atoms with Gasteiger partial charge in [-0.25, -0.2) is 0 Å². The van der Waals surface area contributed by atoms with E-state index in [1.165, 1.54) is 63.6 Å². The highest BCUT2D eigenvalue weighted by Gasteiger charge is 2.44. The number of ether oxygens (including phenoxy) is 1. The Labute approximate surface area is 129 Å². The van der Waals surface area contributed by atoms with Crippen LogP contribution in [0.4, 0.5) is 0 Å². The Bertz CT molecular complexity index is 458. The lowest BCUT2D eigenvalue weighted by molar-refractivity contribution is 0.00673. The van der Waals surface area contributed by atoms with Gasteiger partial charge in [-0.15, -0.1) is 0 Å². The van der Waals surface area contributed by atoms with Crippen molar-refractivity contribution in [3.8, 4) is 5.75 Å². The van der Waals surface area contributed by atoms with Gasteiger partial charge < -0.3 is 4.74 Å². The molecule has 1 aliphatic heterocycles. The highest BCUT2D eigenvalue weighted by atomic mass is 16.5. The summed E-state index contributed by atoms with van der Waals surface area (Å²) in [5.41, 5.74) is 1.54. The maximum atomic E-state index is 6.49. The molecule has 1 unspecified atom stereocenters. The van der Waals surface area contributed by atoms with Gasteiger partial charge in [0.2, 0.25) is 0 Å². The topological polar surface area (TPSA) is 12.5 Å². The monoisotopic (exact) mass is 287 g/mol. The van der Waals surface area contributed by atoms with E-state index in [9.17, 15) is 0 Å². The van der Waals surface area contributed by atoms with Gasteiger partial charge in [0.1, 0.15) is 11.4 Å². The summed E-state index contributed by atoms with van der Waals surface area (Å²) in [5, 5.41) is 0. The summed E-state index contributed by atoms with van der Waals surface area (Å²) in [7, 11) is 0. The van der Waals surface area contributed by atoms with Crippen molar-refractivity contribution in [1.29, 1.82) is 0 Å². The molecule has 3 rings (SSSR count). The molecule has 1 aliphatic carbocycles. The molecular weight excluding hydrogens is 258 g/mol. The average Bonchev–Trinajstić information content (AvgIpc) is 2.94. The van der Waals surface area contributed by atoms with Crippen molar-refractivity contribution in [3.05, 3.63) is 29.8 Å². The van der Waals surface area contributed by atoms with Crippen molar-refractivity contribution in [2.24, 2.45) is 0 Å². The second-order valence-corrected chi connectivity index (χ2v) is 6.79. The van der Waals surface area contributed by atoms with Crippen LogP contribution in [-0.4, -0.2) is 23.6 Å². The molecule has 0 N–H and O–H groups in total. The molecule has 0 radical (unpaired) electrons. The molecule has 1 aromatic carbocycles. The number of hydrogen-bond acceptors (Lipinski definition) is 2. The number of rotatable bonds is 5. The lowest BCUT2D eigenvalue weighted by Crippen LogP contribution is -2.44. The Morgan fingerprint density at radius 3 is 2.43 bits per heavy atom. The van der Waals surface area contributed by atoms with Gasteiger partial charge in [0, 0.05) is 18.0 Å². The molecule has 0 saturated heterocycles. The summed E-state index contributed by atoms with van der Waals surface area (Å²) in [5.74, 6) is 1.15. The zero-order chi connectivity index (χ0) is 14.7. The van der Waals surface area contributed by atoms with Crippen molar-refractivity contribution >= 4 is 0 Å². The molecule has 2 nitrogen and oxygen atoms in total. The summed E-state index contributed by atoms with van der Waals surface area (Å²) >= 11 is 0. The van der Waals surface area contributed by atoms with Crippen molar-refractivity contribution in [2.75, 3.05) is 13.1 Å². The molecule has 2 heteroatoms. The number of benzene rings is 1. The fourth-order valence-corrected chi connectivity index (χ4v) is 4.24. The standard InChI is InChI=1S/C19H29NO/c1-3-13-20(14-4-2)17-15-19(11-7-8-12-19)21-18-10-6-5-9-16(17)18/h5-6,9-10,17H,3-4,7-8,11-15H2,1-2H3. The van der Waals surface area contributed by atoms with Gasteiger partial charge in [-0.1, -0.05) is 32.0 Å². The third-order valence-electron chi connectivity index (χ3n) is 5.15. The zero-order valence-electron chi connectivity index (χ0n) is 13.6. The van der Waals surface area contributed by atoms with E-state index in [-0.39, 0.29) is 5.60 Å². The van der Waals surface area contributed by atoms with Crippen LogP contribution in [0.5, 0.6) is 5.75 Å². The van der Waals surface area contributed by atoms with Crippen LogP contribution < -0.4 is 4.74 Å². The van der Waals surface area contributed by atoms with E-state index < -0.39 is 0 Å². The highest BCUT2D eigenvalue weighted by Crippen LogP contribution is 2.48. The predicted molar refractivity (Wildman–Crippen MR) is 87.8 cm³/mol. The van der Waals surface area contributed by atoms with E-state index in [4.69, 9.17) is 4.74 Å². The van der Waals surface area contributed by atoms with E-state index >= 15 is 0 Å². The number of nitrogens with zero attached hydrogens (tertiary/aromatic N) is 1. The molecule has 1 atom stereocenters. The Kier molecular flexibility index (Phi) is 4.54. The average molecular weight is 287 g/mol. The van der Waals surface area contributed by atoms with Gasteiger partial charge in [0.05, 0.1) is 0 Å². The minimum Gasteiger partial charge on any atom is -0.487 e. The minimum atomic E-state index is 0.124. The van der Waals surface area contributed by atoms with Gasteiger partial charge in [-0.2, -0.15) is 0 Å². The van der Waals surface area contributed by atoms with E-state index in [0.717, 1.165) is 5.75 Å². The number of para-hydroxylation sites is 1. The van der Waals surface area contributed by atoms with Crippen LogP contribution in [0.2, 0.25) is 0 Å². The summed E-state index contributed by atoms with van der Waals surface area (Å²) in [4.78, 5) is 2.70. The summed E-state index contributed by atoms with van der Waals surface area (Å²) < 4.78 is 6.49. The third-order valence-corrected chi connectivity index (χ3v) is 5.15. The maximum Gasteiger partial charge on any atom is 0.124 e. The SMILES string of the molecule is CCCN(CCC)C1CC2(CCCC2)Oc2ccccc21. The molecule has 1 aromatic rings. The molecule has 0 amide bonds. The molecule has 1 heterocycles. The predicted octanol–water partition coefficient (Wildman–Crippen LogP) is 4.95. The fraction of sp³-hybridized carbons (Fsp3) is 0.684. The first-order valence-electron chi connectivity index (χ1n) is 8.80. The van der Waals surface area contributed by atoms with Crippen LogP contribution in [0.15, 0.2) is 24.3 Å². The van der Waals surface area contributed by atoms with Gasteiger partial charge >= 0.3 is 0 Å². The molecule has 1 fully saturated rings. The van der Waals surface area contributed by atoms with Crippen molar-refractivity contribution in [3.63, 3.8) is 0 Å². The molecule has 1 saturated carbocycles. The molecule has 0 bridgehead atoms. The maximum absolute atomic E-state index is 6.49. The Morgan fingerprint density at radius 2 is 1.76 bits per heavy atom. The third kappa shape index (κ3) is 2.96. The molecule has 2 aliphatic rings. The number of fused-ring (bicyclic) bond motifs is 1. The van der Waals surface area contributed by atoms with Gasteiger partial charge in [0.15, 0.2) is 0 Å².